The van der Waals surface area contributed by atoms with E-state index in [2.05, 4.69) is 20.4 Å². The van der Waals surface area contributed by atoms with Crippen molar-refractivity contribution < 1.29 is 4.74 Å². The molecule has 0 bridgehead atoms. The van der Waals surface area contributed by atoms with E-state index < -0.39 is 0 Å². The Morgan fingerprint density at radius 2 is 2.11 bits per heavy atom. The second-order valence-corrected chi connectivity index (χ2v) is 3.93. The maximum absolute atomic E-state index is 5.74. The molecule has 96 valence electrons. The second kappa shape index (κ2) is 5.03. The lowest BCUT2D eigenvalue weighted by Crippen LogP contribution is -2.02. The molecule has 0 amide bonds. The molecule has 1 N–H and O–H groups in total. The zero-order valence-electron chi connectivity index (χ0n) is 11.1. The first-order valence-electron chi connectivity index (χ1n) is 5.87. The minimum atomic E-state index is 0.558. The van der Waals surface area contributed by atoms with Gasteiger partial charge in [-0.25, -0.2) is 4.98 Å². The van der Waals surface area contributed by atoms with Crippen LogP contribution in [-0.2, 0) is 6.54 Å². The highest BCUT2D eigenvalue weighted by Crippen LogP contribution is 2.26. The Bertz CT molecular complexity index is 549. The SMILES string of the molecule is CCn1cc(Oc2nc(C)nc(NC)c2C)cn1. The van der Waals surface area contributed by atoms with Gasteiger partial charge in [-0.05, 0) is 20.8 Å². The van der Waals surface area contributed by atoms with Crippen LogP contribution in [0.5, 0.6) is 11.6 Å². The van der Waals surface area contributed by atoms with Crippen molar-refractivity contribution in [3.05, 3.63) is 23.8 Å². The molecule has 2 aromatic rings. The lowest BCUT2D eigenvalue weighted by molar-refractivity contribution is 0.455. The number of anilines is 1. The summed E-state index contributed by atoms with van der Waals surface area (Å²) in [4.78, 5) is 8.59. The highest BCUT2D eigenvalue weighted by molar-refractivity contribution is 5.48. The van der Waals surface area contributed by atoms with Gasteiger partial charge in [0, 0.05) is 13.6 Å². The summed E-state index contributed by atoms with van der Waals surface area (Å²) in [6.07, 6.45) is 3.52. The number of rotatable bonds is 4. The summed E-state index contributed by atoms with van der Waals surface area (Å²) in [7, 11) is 1.83. The molecule has 6 nitrogen and oxygen atoms in total. The fourth-order valence-corrected chi connectivity index (χ4v) is 1.63. The van der Waals surface area contributed by atoms with Gasteiger partial charge in [0.2, 0.25) is 5.88 Å². The molecule has 0 spiro atoms. The van der Waals surface area contributed by atoms with E-state index in [-0.39, 0.29) is 0 Å². The standard InChI is InChI=1S/C12H17N5O/c1-5-17-7-10(6-14-17)18-12-8(2)11(13-4)15-9(3)16-12/h6-7H,5H2,1-4H3,(H,13,15,16). The monoisotopic (exact) mass is 247 g/mol. The predicted octanol–water partition coefficient (Wildman–Crippen LogP) is 2.14. The summed E-state index contributed by atoms with van der Waals surface area (Å²) in [6.45, 7) is 6.59. The van der Waals surface area contributed by atoms with Crippen LogP contribution in [0.25, 0.3) is 0 Å². The van der Waals surface area contributed by atoms with Crippen LogP contribution in [0.1, 0.15) is 18.3 Å². The molecule has 0 aliphatic heterocycles. The molecule has 0 aromatic carbocycles. The Morgan fingerprint density at radius 1 is 1.33 bits per heavy atom. The van der Waals surface area contributed by atoms with Gasteiger partial charge in [0.05, 0.1) is 18.0 Å². The molecule has 6 heteroatoms. The number of hydrogen-bond donors (Lipinski definition) is 1. The van der Waals surface area contributed by atoms with Crippen molar-refractivity contribution in [1.29, 1.82) is 0 Å². The van der Waals surface area contributed by atoms with Crippen molar-refractivity contribution >= 4 is 5.82 Å². The average Bonchev–Trinajstić information content (AvgIpc) is 2.81. The molecule has 0 radical (unpaired) electrons. The minimum absolute atomic E-state index is 0.558. The molecule has 2 heterocycles. The number of nitrogens with one attached hydrogen (secondary N) is 1. The lowest BCUT2D eigenvalue weighted by atomic mass is 10.3. The molecule has 0 saturated carbocycles. The van der Waals surface area contributed by atoms with Crippen LogP contribution < -0.4 is 10.1 Å². The van der Waals surface area contributed by atoms with Gasteiger partial charge in [0.1, 0.15) is 11.6 Å². The largest absolute Gasteiger partial charge is 0.435 e. The Labute approximate surface area is 106 Å². The number of nitrogens with zero attached hydrogens (tertiary/aromatic N) is 4. The first-order chi connectivity index (χ1) is 8.63. The Hall–Kier alpha value is -2.11. The van der Waals surface area contributed by atoms with Gasteiger partial charge in [-0.2, -0.15) is 10.1 Å². The van der Waals surface area contributed by atoms with E-state index in [4.69, 9.17) is 4.74 Å². The Balaban J connectivity index is 2.30. The lowest BCUT2D eigenvalue weighted by Gasteiger charge is -2.10. The van der Waals surface area contributed by atoms with E-state index in [0.29, 0.717) is 17.5 Å². The third-order valence-corrected chi connectivity index (χ3v) is 2.60. The number of hydrogen-bond acceptors (Lipinski definition) is 5. The minimum Gasteiger partial charge on any atom is -0.435 e. The van der Waals surface area contributed by atoms with Gasteiger partial charge in [0.15, 0.2) is 5.75 Å². The molecule has 0 atom stereocenters. The van der Waals surface area contributed by atoms with Gasteiger partial charge in [0.25, 0.3) is 0 Å². The van der Waals surface area contributed by atoms with Crippen LogP contribution in [0.15, 0.2) is 12.4 Å². The Morgan fingerprint density at radius 3 is 2.72 bits per heavy atom. The average molecular weight is 247 g/mol. The summed E-state index contributed by atoms with van der Waals surface area (Å²) in [5, 5.41) is 7.18. The molecular formula is C12H17N5O. The molecule has 0 unspecified atom stereocenters. The van der Waals surface area contributed by atoms with E-state index >= 15 is 0 Å². The van der Waals surface area contributed by atoms with Crippen molar-refractivity contribution in [2.45, 2.75) is 27.3 Å². The maximum Gasteiger partial charge on any atom is 0.227 e. The van der Waals surface area contributed by atoms with Gasteiger partial charge < -0.3 is 10.1 Å². The van der Waals surface area contributed by atoms with Crippen molar-refractivity contribution in [2.24, 2.45) is 0 Å². The third kappa shape index (κ3) is 2.42. The zero-order valence-corrected chi connectivity index (χ0v) is 11.1. The van der Waals surface area contributed by atoms with Crippen molar-refractivity contribution in [1.82, 2.24) is 19.7 Å². The predicted molar refractivity (Wildman–Crippen MR) is 69.0 cm³/mol. The quantitative estimate of drug-likeness (QED) is 0.896. The summed E-state index contributed by atoms with van der Waals surface area (Å²) in [5.41, 5.74) is 0.882. The molecule has 0 aliphatic rings. The summed E-state index contributed by atoms with van der Waals surface area (Å²) in [6, 6.07) is 0. The third-order valence-electron chi connectivity index (χ3n) is 2.60. The fraction of sp³-hybridized carbons (Fsp3) is 0.417. The summed E-state index contributed by atoms with van der Waals surface area (Å²) < 4.78 is 7.54. The number of aryl methyl sites for hydroxylation is 2. The summed E-state index contributed by atoms with van der Waals surface area (Å²) >= 11 is 0. The van der Waals surface area contributed by atoms with Crippen molar-refractivity contribution in [3.63, 3.8) is 0 Å². The topological polar surface area (TPSA) is 64.9 Å². The second-order valence-electron chi connectivity index (χ2n) is 3.93. The molecule has 2 aromatic heterocycles. The highest BCUT2D eigenvalue weighted by Gasteiger charge is 2.11. The molecule has 0 aliphatic carbocycles. The van der Waals surface area contributed by atoms with Crippen LogP contribution in [0.3, 0.4) is 0 Å². The first-order valence-corrected chi connectivity index (χ1v) is 5.87. The van der Waals surface area contributed by atoms with E-state index in [9.17, 15) is 0 Å². The fourth-order valence-electron chi connectivity index (χ4n) is 1.63. The van der Waals surface area contributed by atoms with Gasteiger partial charge in [-0.15, -0.1) is 0 Å². The molecule has 2 rings (SSSR count). The van der Waals surface area contributed by atoms with Crippen LogP contribution >= 0.6 is 0 Å². The number of ether oxygens (including phenoxy) is 1. The van der Waals surface area contributed by atoms with Crippen LogP contribution in [0.4, 0.5) is 5.82 Å². The smallest absolute Gasteiger partial charge is 0.227 e. The summed E-state index contributed by atoms with van der Waals surface area (Å²) in [5.74, 6) is 2.69. The van der Waals surface area contributed by atoms with E-state index in [1.165, 1.54) is 0 Å². The maximum atomic E-state index is 5.74. The van der Waals surface area contributed by atoms with Crippen LogP contribution in [0, 0.1) is 13.8 Å². The van der Waals surface area contributed by atoms with E-state index in [1.807, 2.05) is 34.0 Å². The molecular weight excluding hydrogens is 230 g/mol. The van der Waals surface area contributed by atoms with Gasteiger partial charge >= 0.3 is 0 Å². The first kappa shape index (κ1) is 12.3. The van der Waals surface area contributed by atoms with Crippen molar-refractivity contribution in [2.75, 3.05) is 12.4 Å². The van der Waals surface area contributed by atoms with Crippen LogP contribution in [0.2, 0.25) is 0 Å². The molecule has 0 fully saturated rings. The normalized spacial score (nSPS) is 10.4. The van der Waals surface area contributed by atoms with E-state index in [1.54, 1.807) is 10.9 Å². The van der Waals surface area contributed by atoms with Gasteiger partial charge in [-0.3, -0.25) is 4.68 Å². The Kier molecular flexibility index (Phi) is 3.45. The highest BCUT2D eigenvalue weighted by atomic mass is 16.5. The molecule has 0 saturated heterocycles. The van der Waals surface area contributed by atoms with Crippen LogP contribution in [-0.4, -0.2) is 26.8 Å². The van der Waals surface area contributed by atoms with E-state index in [0.717, 1.165) is 17.9 Å². The zero-order chi connectivity index (χ0) is 13.1. The number of aromatic nitrogens is 4. The van der Waals surface area contributed by atoms with Gasteiger partial charge in [-0.1, -0.05) is 0 Å². The molecule has 18 heavy (non-hydrogen) atoms. The van der Waals surface area contributed by atoms with Crippen molar-refractivity contribution in [3.8, 4) is 11.6 Å².